The third kappa shape index (κ3) is 3.52. The number of hydrogen-bond donors (Lipinski definition) is 0. The van der Waals surface area contributed by atoms with Crippen LogP contribution in [0.25, 0.3) is 0 Å². The highest BCUT2D eigenvalue weighted by atomic mass is 32.2. The predicted molar refractivity (Wildman–Crippen MR) is 109 cm³/mol. The van der Waals surface area contributed by atoms with Crippen LogP contribution in [0.1, 0.15) is 86.4 Å². The van der Waals surface area contributed by atoms with Crippen LogP contribution in [0.4, 0.5) is 0 Å². The Morgan fingerprint density at radius 3 is 2.46 bits per heavy atom. The molecule has 2 fully saturated rings. The normalized spacial score (nSPS) is 22.0. The van der Waals surface area contributed by atoms with E-state index in [4.69, 9.17) is 4.52 Å². The number of nitrogens with zero attached hydrogens (tertiary/aromatic N) is 2. The lowest BCUT2D eigenvalue weighted by Gasteiger charge is -2.25. The van der Waals surface area contributed by atoms with Crippen molar-refractivity contribution in [1.29, 1.82) is 0 Å². The van der Waals surface area contributed by atoms with Gasteiger partial charge in [-0.3, -0.25) is 0 Å². The van der Waals surface area contributed by atoms with Gasteiger partial charge in [0.05, 0.1) is 16.6 Å². The fourth-order valence-electron chi connectivity index (χ4n) is 4.91. The van der Waals surface area contributed by atoms with Gasteiger partial charge in [-0.15, -0.1) is 0 Å². The molecule has 2 aliphatic rings. The summed E-state index contributed by atoms with van der Waals surface area (Å²) < 4.78 is 33.9. The SMILES string of the molecule is CCc1onc(C)c1C1CCCN1S(=O)(=O)c1ccc(C2CCCCC2)cc1. The number of sulfonamides is 1. The summed E-state index contributed by atoms with van der Waals surface area (Å²) in [6, 6.07) is 7.47. The average molecular weight is 403 g/mol. The molecule has 0 radical (unpaired) electrons. The molecule has 1 aromatic carbocycles. The van der Waals surface area contributed by atoms with Gasteiger partial charge in [-0.2, -0.15) is 4.31 Å². The van der Waals surface area contributed by atoms with Crippen molar-refractivity contribution in [3.8, 4) is 0 Å². The number of benzene rings is 1. The van der Waals surface area contributed by atoms with E-state index in [1.54, 1.807) is 16.4 Å². The molecule has 2 heterocycles. The van der Waals surface area contributed by atoms with Gasteiger partial charge < -0.3 is 4.52 Å². The number of hydrogen-bond acceptors (Lipinski definition) is 4. The van der Waals surface area contributed by atoms with E-state index in [0.29, 0.717) is 17.4 Å². The Hall–Kier alpha value is -1.66. The van der Waals surface area contributed by atoms with E-state index in [1.807, 2.05) is 26.0 Å². The topological polar surface area (TPSA) is 63.4 Å². The highest BCUT2D eigenvalue weighted by Gasteiger charge is 2.39. The van der Waals surface area contributed by atoms with Gasteiger partial charge in [0.25, 0.3) is 0 Å². The molecule has 0 N–H and O–H groups in total. The molecule has 0 spiro atoms. The zero-order valence-electron chi connectivity index (χ0n) is 16.9. The Balaban J connectivity index is 1.61. The van der Waals surface area contributed by atoms with Gasteiger partial charge in [0.15, 0.2) is 0 Å². The summed E-state index contributed by atoms with van der Waals surface area (Å²) >= 11 is 0. The first kappa shape index (κ1) is 19.6. The number of rotatable bonds is 5. The van der Waals surface area contributed by atoms with Crippen molar-refractivity contribution >= 4 is 10.0 Å². The van der Waals surface area contributed by atoms with Crippen LogP contribution in [0.5, 0.6) is 0 Å². The Labute approximate surface area is 168 Å². The zero-order chi connectivity index (χ0) is 19.7. The second-order valence-electron chi connectivity index (χ2n) is 8.14. The van der Waals surface area contributed by atoms with Crippen LogP contribution < -0.4 is 0 Å². The molecule has 1 atom stereocenters. The third-order valence-electron chi connectivity index (χ3n) is 6.40. The van der Waals surface area contributed by atoms with Crippen LogP contribution in [0.3, 0.4) is 0 Å². The summed E-state index contributed by atoms with van der Waals surface area (Å²) in [4.78, 5) is 0.395. The second-order valence-corrected chi connectivity index (χ2v) is 10.0. The Morgan fingerprint density at radius 1 is 1.07 bits per heavy atom. The number of aryl methyl sites for hydroxylation is 2. The molecule has 0 bridgehead atoms. The minimum absolute atomic E-state index is 0.177. The molecule has 1 saturated heterocycles. The van der Waals surface area contributed by atoms with E-state index < -0.39 is 10.0 Å². The highest BCUT2D eigenvalue weighted by Crippen LogP contribution is 2.40. The maximum Gasteiger partial charge on any atom is 0.243 e. The summed E-state index contributed by atoms with van der Waals surface area (Å²) in [7, 11) is -3.54. The van der Waals surface area contributed by atoms with Crippen LogP contribution in [0.15, 0.2) is 33.7 Å². The van der Waals surface area contributed by atoms with Crippen molar-refractivity contribution < 1.29 is 12.9 Å². The largest absolute Gasteiger partial charge is 0.361 e. The molecule has 5 nitrogen and oxygen atoms in total. The van der Waals surface area contributed by atoms with E-state index in [0.717, 1.165) is 36.3 Å². The molecule has 2 aromatic rings. The maximum absolute atomic E-state index is 13.4. The average Bonchev–Trinajstić information content (AvgIpc) is 3.35. The minimum Gasteiger partial charge on any atom is -0.361 e. The van der Waals surface area contributed by atoms with E-state index in [9.17, 15) is 8.42 Å². The van der Waals surface area contributed by atoms with Gasteiger partial charge >= 0.3 is 0 Å². The molecule has 1 aliphatic heterocycles. The fraction of sp³-hybridized carbons (Fsp3) is 0.591. The lowest BCUT2D eigenvalue weighted by atomic mass is 9.84. The van der Waals surface area contributed by atoms with E-state index in [1.165, 1.54) is 37.7 Å². The molecule has 0 amide bonds. The Morgan fingerprint density at radius 2 is 1.79 bits per heavy atom. The Kier molecular flexibility index (Phi) is 5.61. The zero-order valence-corrected chi connectivity index (χ0v) is 17.7. The van der Waals surface area contributed by atoms with Crippen molar-refractivity contribution in [2.45, 2.75) is 82.1 Å². The summed E-state index contributed by atoms with van der Waals surface area (Å²) in [6.45, 7) is 4.46. The van der Waals surface area contributed by atoms with Gasteiger partial charge in [0.2, 0.25) is 10.0 Å². The molecule has 4 rings (SSSR count). The molecule has 152 valence electrons. The Bertz CT molecular complexity index is 912. The van der Waals surface area contributed by atoms with Crippen molar-refractivity contribution in [3.05, 3.63) is 46.8 Å². The standard InChI is InChI=1S/C22H30N2O3S/c1-3-21-22(16(2)23-27-21)20-10-7-15-24(20)28(25,26)19-13-11-18(12-14-19)17-8-5-4-6-9-17/h11-14,17,20H,3-10,15H2,1-2H3. The van der Waals surface area contributed by atoms with Crippen LogP contribution in [-0.2, 0) is 16.4 Å². The summed E-state index contributed by atoms with van der Waals surface area (Å²) in [6.07, 6.45) is 8.69. The van der Waals surface area contributed by atoms with Crippen molar-refractivity contribution in [1.82, 2.24) is 9.46 Å². The predicted octanol–water partition coefficient (Wildman–Crippen LogP) is 5.12. The van der Waals surface area contributed by atoms with Crippen LogP contribution in [0.2, 0.25) is 0 Å². The molecule has 1 aliphatic carbocycles. The van der Waals surface area contributed by atoms with E-state index in [-0.39, 0.29) is 6.04 Å². The van der Waals surface area contributed by atoms with Gasteiger partial charge in [0, 0.05) is 18.5 Å². The molecule has 6 heteroatoms. The molecule has 1 saturated carbocycles. The molecule has 28 heavy (non-hydrogen) atoms. The molecular formula is C22H30N2O3S. The summed E-state index contributed by atoms with van der Waals surface area (Å²) in [5.74, 6) is 1.38. The van der Waals surface area contributed by atoms with Gasteiger partial charge in [-0.1, -0.05) is 43.5 Å². The lowest BCUT2D eigenvalue weighted by Crippen LogP contribution is -2.31. The monoisotopic (exact) mass is 402 g/mol. The van der Waals surface area contributed by atoms with Crippen LogP contribution in [0, 0.1) is 6.92 Å². The van der Waals surface area contributed by atoms with Crippen LogP contribution in [-0.4, -0.2) is 24.4 Å². The molecule has 1 unspecified atom stereocenters. The van der Waals surface area contributed by atoms with E-state index in [2.05, 4.69) is 5.16 Å². The molecule has 1 aromatic heterocycles. The van der Waals surface area contributed by atoms with Gasteiger partial charge in [0.1, 0.15) is 5.76 Å². The third-order valence-corrected chi connectivity index (χ3v) is 8.33. The van der Waals surface area contributed by atoms with Gasteiger partial charge in [-0.05, 0) is 56.2 Å². The summed E-state index contributed by atoms with van der Waals surface area (Å²) in [5.41, 5.74) is 3.04. The lowest BCUT2D eigenvalue weighted by molar-refractivity contribution is 0.368. The van der Waals surface area contributed by atoms with E-state index >= 15 is 0 Å². The highest BCUT2D eigenvalue weighted by molar-refractivity contribution is 7.89. The minimum atomic E-state index is -3.54. The molecular weight excluding hydrogens is 372 g/mol. The first-order valence-corrected chi connectivity index (χ1v) is 12.0. The quantitative estimate of drug-likeness (QED) is 0.696. The maximum atomic E-state index is 13.4. The first-order chi connectivity index (χ1) is 13.5. The first-order valence-electron chi connectivity index (χ1n) is 10.6. The van der Waals surface area contributed by atoms with Crippen molar-refractivity contribution in [2.75, 3.05) is 6.54 Å². The summed E-state index contributed by atoms with van der Waals surface area (Å²) in [5, 5.41) is 4.09. The smallest absolute Gasteiger partial charge is 0.243 e. The second kappa shape index (κ2) is 7.99. The fourth-order valence-corrected chi connectivity index (χ4v) is 6.57. The van der Waals surface area contributed by atoms with Crippen molar-refractivity contribution in [2.24, 2.45) is 0 Å². The van der Waals surface area contributed by atoms with Crippen LogP contribution >= 0.6 is 0 Å². The van der Waals surface area contributed by atoms with Crippen molar-refractivity contribution in [3.63, 3.8) is 0 Å². The number of aromatic nitrogens is 1. The van der Waals surface area contributed by atoms with Gasteiger partial charge in [-0.25, -0.2) is 8.42 Å².